The second-order valence-corrected chi connectivity index (χ2v) is 3.95. The highest BCUT2D eigenvalue weighted by Gasteiger charge is 2.20. The third kappa shape index (κ3) is 2.82. The van der Waals surface area contributed by atoms with Gasteiger partial charge in [-0.2, -0.15) is 0 Å². The molecule has 1 saturated carbocycles. The molecule has 0 heterocycles. The van der Waals surface area contributed by atoms with Gasteiger partial charge in [0, 0.05) is 0 Å². The maximum atomic E-state index is 5.48. The van der Waals surface area contributed by atoms with Crippen LogP contribution in [0.2, 0.25) is 0 Å². The summed E-state index contributed by atoms with van der Waals surface area (Å²) in [5, 5.41) is 0. The first-order valence-electron chi connectivity index (χ1n) is 5.04. The molecule has 0 spiro atoms. The standard InChI is InChI=1S/C10H21N/c1-9(5-4-8-11)10-6-2-3-7-10/h9-10H,2-8,11H2,1H3/t9-/m1/s1. The average molecular weight is 155 g/mol. The van der Waals surface area contributed by atoms with E-state index in [1.807, 2.05) is 0 Å². The van der Waals surface area contributed by atoms with Crippen molar-refractivity contribution in [3.8, 4) is 0 Å². The van der Waals surface area contributed by atoms with E-state index in [1.165, 1.54) is 38.5 Å². The lowest BCUT2D eigenvalue weighted by atomic mass is 9.89. The number of hydrogen-bond donors (Lipinski definition) is 1. The van der Waals surface area contributed by atoms with E-state index in [4.69, 9.17) is 5.73 Å². The number of nitrogens with two attached hydrogens (primary N) is 1. The van der Waals surface area contributed by atoms with Crippen LogP contribution in [0.4, 0.5) is 0 Å². The topological polar surface area (TPSA) is 26.0 Å². The maximum Gasteiger partial charge on any atom is -0.00772 e. The monoisotopic (exact) mass is 155 g/mol. The lowest BCUT2D eigenvalue weighted by molar-refractivity contribution is 0.340. The summed E-state index contributed by atoms with van der Waals surface area (Å²) >= 11 is 0. The SMILES string of the molecule is C[C@H](CCCN)C1CCCC1. The first-order chi connectivity index (χ1) is 5.34. The lowest BCUT2D eigenvalue weighted by Crippen LogP contribution is -2.10. The minimum absolute atomic E-state index is 0.872. The molecule has 0 aromatic carbocycles. The van der Waals surface area contributed by atoms with Crippen molar-refractivity contribution < 1.29 is 0 Å². The third-order valence-electron chi connectivity index (χ3n) is 3.07. The Morgan fingerprint density at radius 3 is 2.55 bits per heavy atom. The third-order valence-corrected chi connectivity index (χ3v) is 3.07. The molecule has 1 aliphatic carbocycles. The van der Waals surface area contributed by atoms with Crippen molar-refractivity contribution in [1.82, 2.24) is 0 Å². The van der Waals surface area contributed by atoms with Gasteiger partial charge in [0.15, 0.2) is 0 Å². The van der Waals surface area contributed by atoms with E-state index in [0.717, 1.165) is 18.4 Å². The van der Waals surface area contributed by atoms with Gasteiger partial charge in [-0.1, -0.05) is 32.6 Å². The smallest absolute Gasteiger partial charge is 0.00772 e. The van der Waals surface area contributed by atoms with Crippen molar-refractivity contribution in [3.05, 3.63) is 0 Å². The van der Waals surface area contributed by atoms with Gasteiger partial charge in [0.2, 0.25) is 0 Å². The maximum absolute atomic E-state index is 5.48. The summed E-state index contributed by atoms with van der Waals surface area (Å²) in [5.41, 5.74) is 5.48. The minimum Gasteiger partial charge on any atom is -0.330 e. The molecule has 0 aromatic rings. The predicted molar refractivity (Wildman–Crippen MR) is 49.4 cm³/mol. The van der Waals surface area contributed by atoms with Gasteiger partial charge >= 0.3 is 0 Å². The lowest BCUT2D eigenvalue weighted by Gasteiger charge is -2.17. The molecule has 66 valence electrons. The summed E-state index contributed by atoms with van der Waals surface area (Å²) in [6.45, 7) is 3.27. The fourth-order valence-electron chi connectivity index (χ4n) is 2.20. The molecule has 1 nitrogen and oxygen atoms in total. The summed E-state index contributed by atoms with van der Waals surface area (Å²) in [6, 6.07) is 0. The molecule has 0 unspecified atom stereocenters. The molecular weight excluding hydrogens is 134 g/mol. The summed E-state index contributed by atoms with van der Waals surface area (Å²) in [6.07, 6.45) is 8.46. The molecule has 0 aliphatic heterocycles. The second-order valence-electron chi connectivity index (χ2n) is 3.95. The molecule has 2 N–H and O–H groups in total. The van der Waals surface area contributed by atoms with Crippen molar-refractivity contribution in [2.45, 2.75) is 45.4 Å². The van der Waals surface area contributed by atoms with Crippen LogP contribution >= 0.6 is 0 Å². The Morgan fingerprint density at radius 1 is 1.36 bits per heavy atom. The quantitative estimate of drug-likeness (QED) is 0.663. The molecule has 0 saturated heterocycles. The molecule has 1 atom stereocenters. The van der Waals surface area contributed by atoms with Crippen LogP contribution in [-0.2, 0) is 0 Å². The van der Waals surface area contributed by atoms with E-state index in [-0.39, 0.29) is 0 Å². The Hall–Kier alpha value is -0.0400. The molecule has 0 bridgehead atoms. The fourth-order valence-corrected chi connectivity index (χ4v) is 2.20. The van der Waals surface area contributed by atoms with Crippen LogP contribution < -0.4 is 5.73 Å². The van der Waals surface area contributed by atoms with Gasteiger partial charge in [0.05, 0.1) is 0 Å². The van der Waals surface area contributed by atoms with Gasteiger partial charge in [-0.05, 0) is 31.2 Å². The first kappa shape index (κ1) is 9.05. The summed E-state index contributed by atoms with van der Waals surface area (Å²) in [5.74, 6) is 1.96. The Kier molecular flexibility index (Phi) is 3.92. The normalized spacial score (nSPS) is 22.4. The fraction of sp³-hybridized carbons (Fsp3) is 1.00. The molecule has 1 heteroatoms. The van der Waals surface area contributed by atoms with E-state index in [2.05, 4.69) is 6.92 Å². The Labute approximate surface area is 70.4 Å². The number of rotatable bonds is 4. The highest BCUT2D eigenvalue weighted by Crippen LogP contribution is 2.33. The van der Waals surface area contributed by atoms with Crippen LogP contribution in [0.5, 0.6) is 0 Å². The molecular formula is C10H21N. The van der Waals surface area contributed by atoms with Crippen LogP contribution in [0, 0.1) is 11.8 Å². The predicted octanol–water partition coefficient (Wildman–Crippen LogP) is 2.55. The van der Waals surface area contributed by atoms with Gasteiger partial charge in [-0.3, -0.25) is 0 Å². The van der Waals surface area contributed by atoms with Gasteiger partial charge in [-0.25, -0.2) is 0 Å². The largest absolute Gasteiger partial charge is 0.330 e. The van der Waals surface area contributed by atoms with Gasteiger partial charge < -0.3 is 5.73 Å². The molecule has 11 heavy (non-hydrogen) atoms. The van der Waals surface area contributed by atoms with E-state index in [0.29, 0.717) is 0 Å². The summed E-state index contributed by atoms with van der Waals surface area (Å²) < 4.78 is 0. The van der Waals surface area contributed by atoms with E-state index in [9.17, 15) is 0 Å². The van der Waals surface area contributed by atoms with Crippen LogP contribution in [0.1, 0.15) is 45.4 Å². The first-order valence-corrected chi connectivity index (χ1v) is 5.04. The molecule has 0 amide bonds. The zero-order valence-corrected chi connectivity index (χ0v) is 7.68. The van der Waals surface area contributed by atoms with Crippen LogP contribution in [0.25, 0.3) is 0 Å². The molecule has 0 aromatic heterocycles. The Balaban J connectivity index is 2.12. The zero-order chi connectivity index (χ0) is 8.10. The Morgan fingerprint density at radius 2 is 2.00 bits per heavy atom. The van der Waals surface area contributed by atoms with Crippen molar-refractivity contribution >= 4 is 0 Å². The summed E-state index contributed by atoms with van der Waals surface area (Å²) in [4.78, 5) is 0. The van der Waals surface area contributed by atoms with E-state index >= 15 is 0 Å². The second kappa shape index (κ2) is 4.76. The molecule has 1 rings (SSSR count). The van der Waals surface area contributed by atoms with Gasteiger partial charge in [0.25, 0.3) is 0 Å². The molecule has 1 fully saturated rings. The number of hydrogen-bond acceptors (Lipinski definition) is 1. The van der Waals surface area contributed by atoms with Crippen LogP contribution in [-0.4, -0.2) is 6.54 Å². The van der Waals surface area contributed by atoms with Gasteiger partial charge in [-0.15, -0.1) is 0 Å². The molecule has 0 radical (unpaired) electrons. The molecule has 1 aliphatic rings. The van der Waals surface area contributed by atoms with E-state index < -0.39 is 0 Å². The highest BCUT2D eigenvalue weighted by atomic mass is 14.5. The van der Waals surface area contributed by atoms with Crippen molar-refractivity contribution in [1.29, 1.82) is 0 Å². The zero-order valence-electron chi connectivity index (χ0n) is 7.68. The Bertz CT molecular complexity index is 95.0. The minimum atomic E-state index is 0.872. The average Bonchev–Trinajstić information content (AvgIpc) is 2.52. The highest BCUT2D eigenvalue weighted by molar-refractivity contribution is 4.72. The van der Waals surface area contributed by atoms with Crippen molar-refractivity contribution in [2.24, 2.45) is 17.6 Å². The van der Waals surface area contributed by atoms with Crippen LogP contribution in [0.15, 0.2) is 0 Å². The van der Waals surface area contributed by atoms with E-state index in [1.54, 1.807) is 0 Å². The van der Waals surface area contributed by atoms with Gasteiger partial charge in [0.1, 0.15) is 0 Å². The summed E-state index contributed by atoms with van der Waals surface area (Å²) in [7, 11) is 0. The van der Waals surface area contributed by atoms with Crippen molar-refractivity contribution in [3.63, 3.8) is 0 Å². The van der Waals surface area contributed by atoms with Crippen molar-refractivity contribution in [2.75, 3.05) is 6.54 Å². The van der Waals surface area contributed by atoms with Crippen LogP contribution in [0.3, 0.4) is 0 Å².